The van der Waals surface area contributed by atoms with Crippen LogP contribution in [-0.4, -0.2) is 33.9 Å². The normalized spacial score (nSPS) is 28.7. The highest BCUT2D eigenvalue weighted by Crippen LogP contribution is 2.70. The molecule has 3 heterocycles. The van der Waals surface area contributed by atoms with Crippen molar-refractivity contribution >= 4 is 46.6 Å². The van der Waals surface area contributed by atoms with Gasteiger partial charge in [0.2, 0.25) is 0 Å². The summed E-state index contributed by atoms with van der Waals surface area (Å²) in [4.78, 5) is 31.6. The number of aromatic hydroxyl groups is 1. The van der Waals surface area contributed by atoms with Crippen LogP contribution in [0.5, 0.6) is 11.5 Å². The first-order valence-corrected chi connectivity index (χ1v) is 11.7. The highest BCUT2D eigenvalue weighted by Gasteiger charge is 2.88. The number of methoxy groups -OCH3 is 1. The van der Waals surface area contributed by atoms with Gasteiger partial charge in [-0.2, -0.15) is 0 Å². The number of carbonyl (C=O) groups excluding carboxylic acids is 1. The fraction of sp³-hybridized carbons (Fsp3) is 0.261. The Hall–Kier alpha value is -2.81. The van der Waals surface area contributed by atoms with E-state index in [9.17, 15) is 14.7 Å². The van der Waals surface area contributed by atoms with Crippen LogP contribution >= 0.6 is 34.5 Å². The summed E-state index contributed by atoms with van der Waals surface area (Å²) in [6.07, 6.45) is 1.54. The second kappa shape index (κ2) is 6.62. The topological polar surface area (TPSA) is 90.1 Å². The van der Waals surface area contributed by atoms with Gasteiger partial charge in [0.1, 0.15) is 29.0 Å². The lowest BCUT2D eigenvalue weighted by Crippen LogP contribution is -2.47. The van der Waals surface area contributed by atoms with Gasteiger partial charge in [0.05, 0.1) is 16.7 Å². The van der Waals surface area contributed by atoms with Crippen LogP contribution in [0.4, 0.5) is 0 Å². The van der Waals surface area contributed by atoms with E-state index in [1.54, 1.807) is 10.6 Å². The number of fused-ring (bicyclic) bond motifs is 4. The monoisotopic (exact) mass is 502 g/mol. The van der Waals surface area contributed by atoms with E-state index in [0.717, 1.165) is 5.56 Å². The lowest BCUT2D eigenvalue weighted by atomic mass is 9.97. The van der Waals surface area contributed by atoms with Crippen molar-refractivity contribution in [2.45, 2.75) is 24.1 Å². The number of carbonyl (C=O) groups is 1. The van der Waals surface area contributed by atoms with Gasteiger partial charge in [-0.1, -0.05) is 52.7 Å². The first-order chi connectivity index (χ1) is 15.7. The van der Waals surface area contributed by atoms with E-state index in [1.807, 2.05) is 31.2 Å². The zero-order valence-electron chi connectivity index (χ0n) is 17.3. The molecule has 10 heteroatoms. The molecule has 2 aromatic carbocycles. The first-order valence-electron chi connectivity index (χ1n) is 10.1. The fourth-order valence-corrected chi connectivity index (χ4v) is 6.90. The van der Waals surface area contributed by atoms with Crippen molar-refractivity contribution in [1.29, 1.82) is 0 Å². The lowest BCUT2D eigenvalue weighted by molar-refractivity contribution is -0.144. The number of hydrogen-bond acceptors (Lipinski definition) is 7. The number of rotatable bonds is 2. The molecular weight excluding hydrogens is 487 g/mol. The van der Waals surface area contributed by atoms with Crippen molar-refractivity contribution in [1.82, 2.24) is 4.57 Å². The summed E-state index contributed by atoms with van der Waals surface area (Å²) < 4.78 is 13.3. The van der Waals surface area contributed by atoms with Gasteiger partial charge in [-0.15, -0.1) is 0 Å². The fourth-order valence-electron chi connectivity index (χ4n) is 5.30. The molecule has 0 saturated heterocycles. The van der Waals surface area contributed by atoms with Crippen molar-refractivity contribution in [2.24, 2.45) is 10.9 Å². The maximum Gasteiger partial charge on any atom is 0.315 e. The van der Waals surface area contributed by atoms with Crippen LogP contribution in [0, 0.1) is 5.92 Å². The number of hydrogen-bond donors (Lipinski definition) is 1. The lowest BCUT2D eigenvalue weighted by Gasteiger charge is -2.26. The highest BCUT2D eigenvalue weighted by atomic mass is 35.5. The van der Waals surface area contributed by atoms with Crippen molar-refractivity contribution in [3.05, 3.63) is 77.3 Å². The number of halogens is 2. The van der Waals surface area contributed by atoms with Gasteiger partial charge < -0.3 is 14.6 Å². The van der Waals surface area contributed by atoms with Gasteiger partial charge in [-0.05, 0) is 31.2 Å². The SMILES string of the molecule is COC(=O)[C@H]1[C@]23Oc4ccccc4[C@H]2n2c(sc(=Cc4cc(Cl)cc(Cl)c4O)c2=O)=N[C@@]13C. The number of phenolic OH excluding ortho intramolecular Hbond substituents is 1. The predicted octanol–water partition coefficient (Wildman–Crippen LogP) is 2.67. The van der Waals surface area contributed by atoms with Crippen LogP contribution in [-0.2, 0) is 9.53 Å². The van der Waals surface area contributed by atoms with Gasteiger partial charge >= 0.3 is 5.97 Å². The van der Waals surface area contributed by atoms with Crippen LogP contribution in [0.15, 0.2) is 46.2 Å². The molecule has 33 heavy (non-hydrogen) atoms. The molecule has 1 N–H and O–H groups in total. The molecule has 168 valence electrons. The summed E-state index contributed by atoms with van der Waals surface area (Å²) in [5, 5.41) is 10.8. The molecule has 0 bridgehead atoms. The zero-order chi connectivity index (χ0) is 23.3. The summed E-state index contributed by atoms with van der Waals surface area (Å²) in [6, 6.07) is 9.85. The third-order valence-corrected chi connectivity index (χ3v) is 8.29. The second-order valence-corrected chi connectivity index (χ2v) is 10.3. The van der Waals surface area contributed by atoms with E-state index >= 15 is 0 Å². The molecule has 1 spiro atoms. The summed E-state index contributed by atoms with van der Waals surface area (Å²) in [7, 11) is 1.33. The second-order valence-electron chi connectivity index (χ2n) is 8.44. The summed E-state index contributed by atoms with van der Waals surface area (Å²) >= 11 is 13.3. The molecule has 6 rings (SSSR count). The van der Waals surface area contributed by atoms with Crippen molar-refractivity contribution in [3.63, 3.8) is 0 Å². The molecule has 4 atom stereocenters. The molecular formula is C23H16Cl2N2O5S. The molecule has 1 saturated carbocycles. The smallest absolute Gasteiger partial charge is 0.315 e. The van der Waals surface area contributed by atoms with E-state index in [2.05, 4.69) is 0 Å². The molecule has 3 aliphatic rings. The minimum absolute atomic E-state index is 0.0895. The zero-order valence-corrected chi connectivity index (χ0v) is 19.7. The maximum atomic E-state index is 13.6. The van der Waals surface area contributed by atoms with Gasteiger partial charge in [-0.25, -0.2) is 4.99 Å². The minimum Gasteiger partial charge on any atom is -0.506 e. The van der Waals surface area contributed by atoms with E-state index in [-0.39, 0.29) is 16.3 Å². The number of nitrogens with zero attached hydrogens (tertiary/aromatic N) is 2. The number of benzene rings is 2. The number of ether oxygens (including phenoxy) is 2. The van der Waals surface area contributed by atoms with Crippen molar-refractivity contribution < 1.29 is 19.4 Å². The number of aromatic nitrogens is 1. The molecule has 2 aliphatic heterocycles. The highest BCUT2D eigenvalue weighted by molar-refractivity contribution is 7.07. The maximum absolute atomic E-state index is 13.6. The van der Waals surface area contributed by atoms with Crippen LogP contribution in [0.25, 0.3) is 6.08 Å². The standard InChI is InChI=1S/C23H16Cl2N2O5S/c1-22-17(20(30)31-2)23(22)18(12-5-3-4-6-14(12)32-23)27-19(29)15(33-21(27)26-22)8-10-7-11(24)9-13(25)16(10)28/h3-9,17-18,28H,1-2H3/t17-,18-,22+,23+/m1/s1. The van der Waals surface area contributed by atoms with Gasteiger partial charge in [0, 0.05) is 16.1 Å². The van der Waals surface area contributed by atoms with Crippen LogP contribution in [0.3, 0.4) is 0 Å². The predicted molar refractivity (Wildman–Crippen MR) is 123 cm³/mol. The molecule has 0 radical (unpaired) electrons. The van der Waals surface area contributed by atoms with Crippen molar-refractivity contribution in [2.75, 3.05) is 7.11 Å². The van der Waals surface area contributed by atoms with Crippen LogP contribution in [0.1, 0.15) is 24.1 Å². The first kappa shape index (κ1) is 20.8. The quantitative estimate of drug-likeness (QED) is 0.544. The average Bonchev–Trinajstić information content (AvgIpc) is 2.99. The Balaban J connectivity index is 1.63. The Kier molecular flexibility index (Phi) is 4.17. The molecule has 1 aromatic heterocycles. The Morgan fingerprint density at radius 1 is 1.33 bits per heavy atom. The van der Waals surface area contributed by atoms with E-state index < -0.39 is 29.1 Å². The average molecular weight is 503 g/mol. The summed E-state index contributed by atoms with van der Waals surface area (Å²) in [5.41, 5.74) is -1.10. The van der Waals surface area contributed by atoms with E-state index in [4.69, 9.17) is 37.7 Å². The molecule has 1 fully saturated rings. The van der Waals surface area contributed by atoms with Gasteiger partial charge in [0.15, 0.2) is 10.4 Å². The number of phenols is 1. The third-order valence-electron chi connectivity index (χ3n) is 6.80. The summed E-state index contributed by atoms with van der Waals surface area (Å²) in [5.74, 6) is -0.624. The van der Waals surface area contributed by atoms with Crippen LogP contribution < -0.4 is 19.6 Å². The molecule has 0 amide bonds. The van der Waals surface area contributed by atoms with Gasteiger partial charge in [-0.3, -0.25) is 14.2 Å². The Morgan fingerprint density at radius 2 is 2.09 bits per heavy atom. The number of thiazole rings is 1. The Morgan fingerprint density at radius 3 is 2.85 bits per heavy atom. The van der Waals surface area contributed by atoms with Crippen LogP contribution in [0.2, 0.25) is 10.0 Å². The molecule has 3 aromatic rings. The number of para-hydroxylation sites is 1. The number of esters is 1. The van der Waals surface area contributed by atoms with Gasteiger partial charge in [0.25, 0.3) is 5.56 Å². The summed E-state index contributed by atoms with van der Waals surface area (Å²) in [6.45, 7) is 1.85. The molecule has 1 aliphatic carbocycles. The third kappa shape index (κ3) is 2.48. The van der Waals surface area contributed by atoms with E-state index in [1.165, 1.54) is 30.6 Å². The minimum atomic E-state index is -1.04. The van der Waals surface area contributed by atoms with Crippen molar-refractivity contribution in [3.8, 4) is 11.5 Å². The Labute approximate surface area is 201 Å². The molecule has 0 unspecified atom stereocenters. The Bertz CT molecular complexity index is 1560. The van der Waals surface area contributed by atoms with E-state index in [0.29, 0.717) is 25.7 Å². The largest absolute Gasteiger partial charge is 0.506 e. The molecule has 7 nitrogen and oxygen atoms in total.